The first-order chi connectivity index (χ1) is 24.7. The summed E-state index contributed by atoms with van der Waals surface area (Å²) in [6.07, 6.45) is 5.81. The van der Waals surface area contributed by atoms with E-state index in [0.717, 1.165) is 12.8 Å². The van der Waals surface area contributed by atoms with Crippen LogP contribution in [0, 0.1) is 0 Å². The minimum Gasteiger partial charge on any atom is -0.480 e. The Morgan fingerprint density at radius 2 is 1.33 bits per heavy atom. The molecule has 2 amide bonds. The topological polar surface area (TPSA) is 201 Å². The molecule has 2 aromatic carbocycles. The van der Waals surface area contributed by atoms with E-state index in [4.69, 9.17) is 28.8 Å². The second-order valence-corrected chi connectivity index (χ2v) is 12.7. The van der Waals surface area contributed by atoms with Crippen LogP contribution < -0.4 is 20.1 Å². The highest BCUT2D eigenvalue weighted by Gasteiger charge is 2.16. The van der Waals surface area contributed by atoms with Crippen LogP contribution in [0.1, 0.15) is 42.1 Å². The van der Waals surface area contributed by atoms with Crippen molar-refractivity contribution < 1.29 is 51.6 Å². The molecule has 0 atom stereocenters. The zero-order valence-electron chi connectivity index (χ0n) is 28.6. The molecular formula is C35H46N4O11S. The number of rotatable bonds is 26. The van der Waals surface area contributed by atoms with Gasteiger partial charge >= 0.3 is 5.97 Å². The van der Waals surface area contributed by atoms with Crippen molar-refractivity contribution in [1.82, 2.24) is 15.6 Å². The number of carboxylic acids is 1. The van der Waals surface area contributed by atoms with Gasteiger partial charge in [0, 0.05) is 19.3 Å². The Hall–Kier alpha value is -4.61. The van der Waals surface area contributed by atoms with Crippen LogP contribution in [0.3, 0.4) is 0 Å². The van der Waals surface area contributed by atoms with Gasteiger partial charge in [0.15, 0.2) is 0 Å². The van der Waals surface area contributed by atoms with Crippen molar-refractivity contribution in [2.45, 2.75) is 37.5 Å². The van der Waals surface area contributed by atoms with E-state index >= 15 is 0 Å². The molecule has 3 aromatic rings. The van der Waals surface area contributed by atoms with Gasteiger partial charge < -0.3 is 39.4 Å². The number of hydrogen-bond donors (Lipinski definition) is 4. The van der Waals surface area contributed by atoms with Gasteiger partial charge in [-0.2, -0.15) is 0 Å². The highest BCUT2D eigenvalue weighted by atomic mass is 32.2. The van der Waals surface area contributed by atoms with E-state index in [9.17, 15) is 22.8 Å². The summed E-state index contributed by atoms with van der Waals surface area (Å²) >= 11 is 0. The lowest BCUT2D eigenvalue weighted by atomic mass is 10.1. The van der Waals surface area contributed by atoms with Crippen LogP contribution in [-0.4, -0.2) is 102 Å². The number of amides is 2. The van der Waals surface area contributed by atoms with Gasteiger partial charge in [-0.15, -0.1) is 0 Å². The van der Waals surface area contributed by atoms with E-state index in [0.29, 0.717) is 11.5 Å². The summed E-state index contributed by atoms with van der Waals surface area (Å²) in [4.78, 5) is 38.6. The van der Waals surface area contributed by atoms with Crippen LogP contribution in [0.15, 0.2) is 71.8 Å². The number of sulfonamides is 1. The lowest BCUT2D eigenvalue weighted by Gasteiger charge is -2.10. The molecule has 0 spiro atoms. The second-order valence-electron chi connectivity index (χ2n) is 11.0. The molecule has 0 saturated carbocycles. The molecule has 15 nitrogen and oxygen atoms in total. The van der Waals surface area contributed by atoms with E-state index in [1.165, 1.54) is 48.9 Å². The minimum atomic E-state index is -3.94. The lowest BCUT2D eigenvalue weighted by molar-refractivity contribution is -0.142. The molecule has 1 aromatic heterocycles. The van der Waals surface area contributed by atoms with Crippen LogP contribution in [0.5, 0.6) is 11.5 Å². The smallest absolute Gasteiger partial charge is 0.329 e. The maximum atomic E-state index is 12.9. The number of hydrogen-bond acceptors (Lipinski definition) is 11. The molecule has 4 N–H and O–H groups in total. The van der Waals surface area contributed by atoms with Gasteiger partial charge in [-0.05, 0) is 66.9 Å². The predicted octanol–water partition coefficient (Wildman–Crippen LogP) is 3.40. The molecule has 0 unspecified atom stereocenters. The fourth-order valence-electron chi connectivity index (χ4n) is 4.33. The first kappa shape index (κ1) is 40.8. The molecule has 16 heteroatoms. The highest BCUT2D eigenvalue weighted by molar-refractivity contribution is 7.92. The fraction of sp³-hybridized carbons (Fsp3) is 0.429. The molecule has 3 rings (SSSR count). The third-order valence-corrected chi connectivity index (χ3v) is 8.30. The Bertz CT molecular complexity index is 1590. The normalized spacial score (nSPS) is 11.2. The molecule has 51 heavy (non-hydrogen) atoms. The van der Waals surface area contributed by atoms with Crippen molar-refractivity contribution in [1.29, 1.82) is 0 Å². The average molecular weight is 731 g/mol. The molecule has 0 radical (unpaired) electrons. The number of carbonyl (C=O) groups excluding carboxylic acids is 2. The van der Waals surface area contributed by atoms with Gasteiger partial charge in [-0.1, -0.05) is 31.9 Å². The number of unbranched alkanes of at least 4 members (excludes halogenated alkanes) is 2. The van der Waals surface area contributed by atoms with Crippen molar-refractivity contribution in [2.24, 2.45) is 0 Å². The van der Waals surface area contributed by atoms with Crippen LogP contribution in [0.25, 0.3) is 0 Å². The van der Waals surface area contributed by atoms with Crippen LogP contribution >= 0.6 is 0 Å². The third kappa shape index (κ3) is 16.8. The number of nitrogens with zero attached hydrogens (tertiary/aromatic N) is 1. The summed E-state index contributed by atoms with van der Waals surface area (Å²) in [5.41, 5.74) is 1.48. The fourth-order valence-corrected chi connectivity index (χ4v) is 5.34. The van der Waals surface area contributed by atoms with Gasteiger partial charge in [-0.25, -0.2) is 18.2 Å². The third-order valence-electron chi connectivity index (χ3n) is 6.93. The van der Waals surface area contributed by atoms with Crippen molar-refractivity contribution in [3.05, 3.63) is 78.0 Å². The summed E-state index contributed by atoms with van der Waals surface area (Å²) in [7, 11) is -3.94. The van der Waals surface area contributed by atoms with Crippen molar-refractivity contribution in [3.8, 4) is 11.5 Å². The number of aliphatic carboxylic acids is 1. The lowest BCUT2D eigenvalue weighted by Crippen LogP contribution is -2.31. The van der Waals surface area contributed by atoms with Crippen LogP contribution in [0.4, 0.5) is 5.82 Å². The minimum absolute atomic E-state index is 0.0273. The van der Waals surface area contributed by atoms with Gasteiger partial charge in [-0.3, -0.25) is 14.3 Å². The van der Waals surface area contributed by atoms with Gasteiger partial charge in [0.1, 0.15) is 30.5 Å². The molecule has 0 aliphatic carbocycles. The number of ether oxygens (including phenoxy) is 5. The molecule has 0 saturated heterocycles. The number of carbonyl (C=O) groups is 3. The summed E-state index contributed by atoms with van der Waals surface area (Å²) in [6.45, 7) is 3.31. The van der Waals surface area contributed by atoms with Crippen LogP contribution in [-0.2, 0) is 45.0 Å². The molecule has 1 heterocycles. The van der Waals surface area contributed by atoms with Crippen molar-refractivity contribution in [2.75, 3.05) is 70.7 Å². The van der Waals surface area contributed by atoms with Crippen molar-refractivity contribution >= 4 is 33.6 Å². The number of pyridine rings is 1. The SMILES string of the molecule is CCCCCc1ccc(Oc2ccc(S(=O)(=O)Nc3ccc(C(=O)NCCOCCOCC(=O)NCCOCCOCC(=O)O)cn3)cc2)cc1. The Morgan fingerprint density at radius 3 is 1.94 bits per heavy atom. The van der Waals surface area contributed by atoms with Crippen molar-refractivity contribution in [3.63, 3.8) is 0 Å². The number of benzene rings is 2. The number of anilines is 1. The monoisotopic (exact) mass is 730 g/mol. The Kier molecular flexibility index (Phi) is 18.4. The van der Waals surface area contributed by atoms with E-state index in [1.54, 1.807) is 12.1 Å². The standard InChI is InChI=1S/C35H46N4O11S/c1-2-3-4-5-27-6-9-29(10-7-27)50-30-11-13-31(14-12-30)51(44,45)39-32-15-8-28(24-38-32)35(43)37-17-19-47-20-22-48-25-33(40)36-16-18-46-21-23-49-26-34(41)42/h6-15,24H,2-5,16-23,25-26H2,1H3,(H,36,40)(H,37,43)(H,38,39)(H,41,42). The Morgan fingerprint density at radius 1 is 0.725 bits per heavy atom. The first-order valence-electron chi connectivity index (χ1n) is 16.6. The van der Waals surface area contributed by atoms with Crippen LogP contribution in [0.2, 0.25) is 0 Å². The van der Waals surface area contributed by atoms with Gasteiger partial charge in [0.05, 0.1) is 50.1 Å². The van der Waals surface area contributed by atoms with Gasteiger partial charge in [0.25, 0.3) is 15.9 Å². The zero-order chi connectivity index (χ0) is 36.7. The molecule has 0 aliphatic heterocycles. The maximum Gasteiger partial charge on any atom is 0.329 e. The summed E-state index contributed by atoms with van der Waals surface area (Å²) < 4.78 is 54.7. The summed E-state index contributed by atoms with van der Waals surface area (Å²) in [5.74, 6) is -0.573. The zero-order valence-corrected chi connectivity index (χ0v) is 29.5. The van der Waals surface area contributed by atoms with E-state index in [-0.39, 0.29) is 88.1 Å². The van der Waals surface area contributed by atoms with E-state index < -0.39 is 21.9 Å². The maximum absolute atomic E-state index is 12.9. The molecule has 0 fully saturated rings. The molecule has 0 bridgehead atoms. The Labute approximate surface area is 298 Å². The number of aromatic nitrogens is 1. The molecule has 0 aliphatic rings. The molecular weight excluding hydrogens is 684 g/mol. The number of aryl methyl sites for hydroxylation is 1. The average Bonchev–Trinajstić information content (AvgIpc) is 3.11. The molecule has 278 valence electrons. The summed E-state index contributed by atoms with van der Waals surface area (Å²) in [6, 6.07) is 16.8. The summed E-state index contributed by atoms with van der Waals surface area (Å²) in [5, 5.41) is 13.7. The second kappa shape index (κ2) is 23.0. The van der Waals surface area contributed by atoms with Gasteiger partial charge in [0.2, 0.25) is 5.91 Å². The van der Waals surface area contributed by atoms with E-state index in [1.807, 2.05) is 24.3 Å². The highest BCUT2D eigenvalue weighted by Crippen LogP contribution is 2.24. The quantitative estimate of drug-likeness (QED) is 0.0879. The largest absolute Gasteiger partial charge is 0.480 e. The number of carboxylic acid groups (broad SMARTS) is 1. The predicted molar refractivity (Wildman–Crippen MR) is 187 cm³/mol. The first-order valence-corrected chi connectivity index (χ1v) is 18.1. The van der Waals surface area contributed by atoms with E-state index in [2.05, 4.69) is 27.3 Å². The number of nitrogens with one attached hydrogen (secondary N) is 3. The Balaban J connectivity index is 1.27.